The average molecular weight is 476 g/mol. The fraction of sp³-hybridized carbons (Fsp3) is 0.0455. The summed E-state index contributed by atoms with van der Waals surface area (Å²) in [6, 6.07) is 12.8. The monoisotopic (exact) mass is 474 g/mol. The molecule has 0 saturated carbocycles. The smallest absolute Gasteiger partial charge is 0.337 e. The molecule has 31 heavy (non-hydrogen) atoms. The maximum Gasteiger partial charge on any atom is 0.337 e. The van der Waals surface area contributed by atoms with Crippen molar-refractivity contribution in [1.29, 1.82) is 0 Å². The molecule has 0 unspecified atom stereocenters. The van der Waals surface area contributed by atoms with Gasteiger partial charge in [0.05, 0.1) is 32.6 Å². The number of halogens is 3. The summed E-state index contributed by atoms with van der Waals surface area (Å²) in [5.41, 5.74) is 1.62. The summed E-state index contributed by atoms with van der Waals surface area (Å²) in [7, 11) is 0. The van der Waals surface area contributed by atoms with Crippen molar-refractivity contribution in [1.82, 2.24) is 0 Å². The number of aromatic carboxylic acids is 1. The van der Waals surface area contributed by atoms with Crippen LogP contribution >= 0.6 is 34.8 Å². The van der Waals surface area contributed by atoms with Crippen molar-refractivity contribution in [3.63, 3.8) is 0 Å². The van der Waals surface area contributed by atoms with E-state index in [0.29, 0.717) is 44.1 Å². The van der Waals surface area contributed by atoms with Gasteiger partial charge in [-0.2, -0.15) is 10.1 Å². The van der Waals surface area contributed by atoms with Gasteiger partial charge < -0.3 is 9.52 Å². The Morgan fingerprint density at radius 3 is 2.55 bits per heavy atom. The van der Waals surface area contributed by atoms with E-state index in [1.807, 2.05) is 0 Å². The number of carbonyl (C=O) groups excluding carboxylic acids is 1. The summed E-state index contributed by atoms with van der Waals surface area (Å²) in [5, 5.41) is 15.7. The summed E-state index contributed by atoms with van der Waals surface area (Å²) in [4.78, 5) is 24.3. The van der Waals surface area contributed by atoms with E-state index in [-0.39, 0.29) is 10.6 Å². The number of benzene rings is 2. The molecule has 4 rings (SSSR count). The lowest BCUT2D eigenvalue weighted by molar-refractivity contribution is -0.114. The first-order valence-electron chi connectivity index (χ1n) is 8.94. The molecule has 1 aliphatic heterocycles. The Balaban J connectivity index is 1.64. The van der Waals surface area contributed by atoms with E-state index in [4.69, 9.17) is 39.2 Å². The second-order valence-electron chi connectivity index (χ2n) is 6.66. The van der Waals surface area contributed by atoms with Gasteiger partial charge in [-0.05, 0) is 61.5 Å². The first kappa shape index (κ1) is 21.2. The van der Waals surface area contributed by atoms with Crippen molar-refractivity contribution in [2.24, 2.45) is 5.10 Å². The van der Waals surface area contributed by atoms with E-state index in [1.165, 1.54) is 18.2 Å². The number of amides is 1. The maximum atomic E-state index is 12.9. The van der Waals surface area contributed by atoms with Crippen molar-refractivity contribution >= 4 is 64.2 Å². The van der Waals surface area contributed by atoms with Crippen LogP contribution in [0.5, 0.6) is 0 Å². The molecule has 0 aliphatic carbocycles. The van der Waals surface area contributed by atoms with Gasteiger partial charge in [-0.25, -0.2) is 4.79 Å². The second-order valence-corrected chi connectivity index (χ2v) is 7.91. The summed E-state index contributed by atoms with van der Waals surface area (Å²) in [5.74, 6) is -0.658. The lowest BCUT2D eigenvalue weighted by Gasteiger charge is -2.12. The number of nitrogens with zero attached hydrogens (tertiary/aromatic N) is 2. The van der Waals surface area contributed by atoms with E-state index < -0.39 is 11.9 Å². The zero-order valence-electron chi connectivity index (χ0n) is 15.9. The Bertz CT molecular complexity index is 1290. The third-order valence-electron chi connectivity index (χ3n) is 4.60. The fourth-order valence-corrected chi connectivity index (χ4v) is 3.77. The highest BCUT2D eigenvalue weighted by Gasteiger charge is 2.30. The quantitative estimate of drug-likeness (QED) is 0.442. The standard InChI is InChI=1S/C22H13Cl3N2O4/c1-11-16(10-14-4-7-20(31-14)15-5-2-12(23)8-19(15)25)21(28)27(26-11)13-3-6-18(24)17(9-13)22(29)30/h2-10H,1H3,(H,29,30). The molecule has 0 saturated heterocycles. The third-order valence-corrected chi connectivity index (χ3v) is 5.47. The molecule has 0 radical (unpaired) electrons. The highest BCUT2D eigenvalue weighted by atomic mass is 35.5. The highest BCUT2D eigenvalue weighted by Crippen LogP contribution is 2.33. The van der Waals surface area contributed by atoms with Crippen LogP contribution in [0, 0.1) is 0 Å². The van der Waals surface area contributed by atoms with E-state index in [2.05, 4.69) is 5.10 Å². The average Bonchev–Trinajstić information content (AvgIpc) is 3.28. The molecule has 3 aromatic rings. The normalized spacial score (nSPS) is 15.0. The van der Waals surface area contributed by atoms with Crippen molar-refractivity contribution in [3.05, 3.63) is 80.5 Å². The molecule has 1 aromatic heterocycles. The Morgan fingerprint density at radius 1 is 1.06 bits per heavy atom. The van der Waals surface area contributed by atoms with Crippen molar-refractivity contribution in [3.8, 4) is 11.3 Å². The summed E-state index contributed by atoms with van der Waals surface area (Å²) < 4.78 is 5.83. The van der Waals surface area contributed by atoms with Gasteiger partial charge >= 0.3 is 5.97 Å². The number of rotatable bonds is 4. The molecule has 2 heterocycles. The molecule has 2 aromatic carbocycles. The third kappa shape index (κ3) is 4.10. The number of furan rings is 1. The van der Waals surface area contributed by atoms with E-state index in [1.54, 1.807) is 43.3 Å². The maximum absolute atomic E-state index is 12.9. The number of hydrogen-bond donors (Lipinski definition) is 1. The van der Waals surface area contributed by atoms with Crippen LogP contribution in [0.2, 0.25) is 15.1 Å². The highest BCUT2D eigenvalue weighted by molar-refractivity contribution is 6.36. The minimum Gasteiger partial charge on any atom is -0.478 e. The molecule has 156 valence electrons. The Kier molecular flexibility index (Phi) is 5.62. The van der Waals surface area contributed by atoms with Crippen LogP contribution in [0.25, 0.3) is 17.4 Å². The van der Waals surface area contributed by atoms with Crippen molar-refractivity contribution in [2.45, 2.75) is 6.92 Å². The van der Waals surface area contributed by atoms with Gasteiger partial charge in [-0.15, -0.1) is 0 Å². The van der Waals surface area contributed by atoms with Gasteiger partial charge in [0.1, 0.15) is 11.5 Å². The first-order chi connectivity index (χ1) is 14.7. The minimum absolute atomic E-state index is 0.0725. The van der Waals surface area contributed by atoms with Crippen LogP contribution < -0.4 is 5.01 Å². The molecule has 0 bridgehead atoms. The molecule has 6 nitrogen and oxygen atoms in total. The molecule has 0 spiro atoms. The predicted octanol–water partition coefficient (Wildman–Crippen LogP) is 6.41. The largest absolute Gasteiger partial charge is 0.478 e. The van der Waals surface area contributed by atoms with E-state index in [0.717, 1.165) is 5.01 Å². The first-order valence-corrected chi connectivity index (χ1v) is 10.1. The van der Waals surface area contributed by atoms with Crippen molar-refractivity contribution in [2.75, 3.05) is 5.01 Å². The van der Waals surface area contributed by atoms with Crippen LogP contribution in [-0.2, 0) is 4.79 Å². The number of carbonyl (C=O) groups is 2. The number of carboxylic acid groups (broad SMARTS) is 1. The van der Waals surface area contributed by atoms with Gasteiger partial charge in [-0.1, -0.05) is 34.8 Å². The summed E-state index contributed by atoms with van der Waals surface area (Å²) in [6.45, 7) is 1.68. The predicted molar refractivity (Wildman–Crippen MR) is 121 cm³/mol. The second kappa shape index (κ2) is 8.23. The van der Waals surface area contributed by atoms with Crippen LogP contribution in [-0.4, -0.2) is 22.7 Å². The van der Waals surface area contributed by atoms with E-state index >= 15 is 0 Å². The lowest BCUT2D eigenvalue weighted by Crippen LogP contribution is -2.21. The lowest BCUT2D eigenvalue weighted by atomic mass is 10.1. The fourth-order valence-electron chi connectivity index (χ4n) is 3.07. The zero-order valence-corrected chi connectivity index (χ0v) is 18.2. The van der Waals surface area contributed by atoms with Gasteiger partial charge in [0, 0.05) is 10.6 Å². The number of hydrogen-bond acceptors (Lipinski definition) is 4. The Hall–Kier alpha value is -3.06. The SMILES string of the molecule is CC1=NN(c2ccc(Cl)c(C(=O)O)c2)C(=O)C1=Cc1ccc(-c2ccc(Cl)cc2Cl)o1. The number of hydrazone groups is 1. The van der Waals surface area contributed by atoms with Gasteiger partial charge in [0.25, 0.3) is 5.91 Å². The van der Waals surface area contributed by atoms with Crippen LogP contribution in [0.1, 0.15) is 23.0 Å². The number of carboxylic acids is 1. The molecule has 1 N–H and O–H groups in total. The Morgan fingerprint density at radius 2 is 1.84 bits per heavy atom. The Labute approximate surface area is 191 Å². The van der Waals surface area contributed by atoms with Crippen LogP contribution in [0.4, 0.5) is 5.69 Å². The van der Waals surface area contributed by atoms with Crippen LogP contribution in [0.3, 0.4) is 0 Å². The summed E-state index contributed by atoms with van der Waals surface area (Å²) >= 11 is 18.1. The summed E-state index contributed by atoms with van der Waals surface area (Å²) in [6.07, 6.45) is 1.57. The minimum atomic E-state index is -1.20. The molecule has 0 fully saturated rings. The van der Waals surface area contributed by atoms with Gasteiger partial charge in [-0.3, -0.25) is 4.79 Å². The molecular weight excluding hydrogens is 463 g/mol. The van der Waals surface area contributed by atoms with Gasteiger partial charge in [0.2, 0.25) is 0 Å². The van der Waals surface area contributed by atoms with Crippen LogP contribution in [0.15, 0.2) is 63.6 Å². The van der Waals surface area contributed by atoms with E-state index in [9.17, 15) is 14.7 Å². The topological polar surface area (TPSA) is 83.1 Å². The zero-order chi connectivity index (χ0) is 22.3. The molecule has 0 atom stereocenters. The molecule has 9 heteroatoms. The molecule has 1 amide bonds. The number of anilines is 1. The molecular formula is C22H13Cl3N2O4. The molecule has 1 aliphatic rings. The van der Waals surface area contributed by atoms with Gasteiger partial charge in [0.15, 0.2) is 0 Å². The van der Waals surface area contributed by atoms with Crippen molar-refractivity contribution < 1.29 is 19.1 Å².